The molecular weight excluding hydrogens is 755 g/mol. The van der Waals surface area contributed by atoms with E-state index in [2.05, 4.69) is 36.8 Å². The molecule has 2 aliphatic carbocycles. The first-order chi connectivity index (χ1) is 26.2. The molecule has 17 nitrogen and oxygen atoms in total. The minimum Gasteiger partial charge on any atom is -0.493 e. The Labute approximate surface area is 324 Å². The van der Waals surface area contributed by atoms with Crippen molar-refractivity contribution in [3.63, 3.8) is 0 Å². The van der Waals surface area contributed by atoms with Gasteiger partial charge in [0.15, 0.2) is 16.6 Å². The van der Waals surface area contributed by atoms with Crippen LogP contribution in [0.2, 0.25) is 0 Å². The van der Waals surface area contributed by atoms with E-state index in [0.717, 1.165) is 73.5 Å². The summed E-state index contributed by atoms with van der Waals surface area (Å²) < 4.78 is 41.6. The molecule has 4 heterocycles. The number of ketones is 1. The second-order valence-corrected chi connectivity index (χ2v) is 17.2. The molecular formula is C36H49N7O10S2. The van der Waals surface area contributed by atoms with Crippen LogP contribution in [-0.2, 0) is 38.6 Å². The number of nitrogens with two attached hydrogens (primary N) is 1. The van der Waals surface area contributed by atoms with Crippen LogP contribution in [0.15, 0.2) is 51.3 Å². The van der Waals surface area contributed by atoms with Gasteiger partial charge in [0.2, 0.25) is 0 Å². The number of dihydropyridines is 1. The molecule has 55 heavy (non-hydrogen) atoms. The average molecular weight is 804 g/mol. The minimum atomic E-state index is -4.99. The quantitative estimate of drug-likeness (QED) is 0.0460. The molecule has 1 aromatic rings. The number of hydroxylamine groups is 2. The molecule has 300 valence electrons. The zero-order valence-electron chi connectivity index (χ0n) is 31.0. The Kier molecular flexibility index (Phi) is 12.9. The average Bonchev–Trinajstić information content (AvgIpc) is 3.53. The van der Waals surface area contributed by atoms with Crippen LogP contribution in [0.5, 0.6) is 0 Å². The molecule has 2 saturated heterocycles. The van der Waals surface area contributed by atoms with Crippen LogP contribution in [0.25, 0.3) is 0 Å². The van der Waals surface area contributed by atoms with Gasteiger partial charge in [0.1, 0.15) is 12.3 Å². The number of allylic oxidation sites excluding steroid dienone is 5. The van der Waals surface area contributed by atoms with Crippen molar-refractivity contribution in [1.82, 2.24) is 20.3 Å². The number of unbranched alkanes of at least 4 members (excludes halogenated alkanes) is 1. The molecule has 1 amide bonds. The first-order valence-corrected chi connectivity index (χ1v) is 20.9. The number of carbonyl (C=O) groups is 3. The largest absolute Gasteiger partial charge is 0.493 e. The summed E-state index contributed by atoms with van der Waals surface area (Å²) in [5.74, 6) is -1.92. The monoisotopic (exact) mass is 803 g/mol. The van der Waals surface area contributed by atoms with Crippen LogP contribution in [0.4, 0.5) is 5.13 Å². The van der Waals surface area contributed by atoms with Crippen molar-refractivity contribution in [2.24, 2.45) is 33.8 Å². The van der Waals surface area contributed by atoms with Crippen LogP contribution in [0.1, 0.15) is 70.9 Å². The van der Waals surface area contributed by atoms with Crippen LogP contribution in [0, 0.1) is 23.7 Å². The van der Waals surface area contributed by atoms with Crippen LogP contribution in [-0.4, -0.2) is 113 Å². The van der Waals surface area contributed by atoms with E-state index in [4.69, 9.17) is 24.9 Å². The van der Waals surface area contributed by atoms with Gasteiger partial charge in [-0.2, -0.15) is 13.5 Å². The van der Waals surface area contributed by atoms with E-state index >= 15 is 0 Å². The van der Waals surface area contributed by atoms with E-state index in [1.807, 2.05) is 6.08 Å². The molecule has 3 aliphatic heterocycles. The molecule has 19 heteroatoms. The number of rotatable bonds is 21. The summed E-state index contributed by atoms with van der Waals surface area (Å²) in [4.78, 5) is 55.2. The fourth-order valence-electron chi connectivity index (χ4n) is 7.17. The maximum Gasteiger partial charge on any atom is 0.418 e. The number of hydrogen-bond donors (Lipinski definition) is 4. The molecule has 1 saturated carbocycles. The molecule has 2 unspecified atom stereocenters. The molecule has 3 fully saturated rings. The van der Waals surface area contributed by atoms with Crippen molar-refractivity contribution < 1.29 is 46.3 Å². The molecule has 0 aromatic carbocycles. The minimum absolute atomic E-state index is 0.00233. The number of fused-ring (bicyclic) bond motifs is 1. The highest BCUT2D eigenvalue weighted by Gasteiger charge is 2.57. The van der Waals surface area contributed by atoms with Crippen molar-refractivity contribution in [3.05, 3.63) is 46.8 Å². The van der Waals surface area contributed by atoms with Crippen molar-refractivity contribution in [1.29, 1.82) is 0 Å². The van der Waals surface area contributed by atoms with Gasteiger partial charge in [0.05, 0.1) is 17.2 Å². The predicted molar refractivity (Wildman–Crippen MR) is 203 cm³/mol. The second kappa shape index (κ2) is 17.4. The fourth-order valence-corrected chi connectivity index (χ4v) is 8.17. The van der Waals surface area contributed by atoms with Gasteiger partial charge < -0.3 is 30.6 Å². The Hall–Kier alpha value is -4.01. The third kappa shape index (κ3) is 10.4. The van der Waals surface area contributed by atoms with Gasteiger partial charge in [-0.15, -0.1) is 15.6 Å². The van der Waals surface area contributed by atoms with Gasteiger partial charge in [0.25, 0.3) is 12.0 Å². The number of aromatic nitrogens is 1. The SMILES string of the molecule is CC1(C)C(CC(=O)/C(=N\O[C@@H](COC2=CC=C3N=C(CCCCN(CC4CCC4)CC4CNC4)C=CC3C2)C(=O)O)c2csc(N)n2)C(=O)N1OS(=O)(=O)O. The number of aliphatic carboxylic acids is 1. The Bertz CT molecular complexity index is 1860. The lowest BCUT2D eigenvalue weighted by Crippen LogP contribution is -2.68. The maximum atomic E-state index is 13.4. The molecule has 0 spiro atoms. The Balaban J connectivity index is 1.02. The maximum absolute atomic E-state index is 13.4. The van der Waals surface area contributed by atoms with Gasteiger partial charge in [-0.1, -0.05) is 17.7 Å². The van der Waals surface area contributed by atoms with Gasteiger partial charge >= 0.3 is 16.4 Å². The fraction of sp³-hybridized carbons (Fsp3) is 0.611. The topological polar surface area (TPSA) is 236 Å². The number of carboxylic acids is 1. The molecule has 0 bridgehead atoms. The highest BCUT2D eigenvalue weighted by molar-refractivity contribution is 7.80. The second-order valence-electron chi connectivity index (χ2n) is 15.3. The third-order valence-electron chi connectivity index (χ3n) is 10.7. The number of aliphatic imine (C=N–C) groups is 1. The number of amides is 1. The molecule has 3 atom stereocenters. The lowest BCUT2D eigenvalue weighted by Gasteiger charge is -2.50. The summed E-state index contributed by atoms with van der Waals surface area (Å²) in [6.07, 6.45) is 13.4. The summed E-state index contributed by atoms with van der Waals surface area (Å²) in [5, 5.41) is 19.1. The van der Waals surface area contributed by atoms with E-state index in [-0.39, 0.29) is 22.5 Å². The highest BCUT2D eigenvalue weighted by Crippen LogP contribution is 2.41. The standard InChI is InChI=1S/C36H49N7O10S2/c1-36(2)27(33(45)43(36)53-55(48,49)50)15-30(44)32(29-21-54-35(37)40-29)41-52-31(34(46)47)20-51-26-11-12-28-24(14-26)9-10-25(39-28)8-3-4-13-42(18-22-6-5-7-22)19-23-16-38-17-23/h9-12,21-24,27,31,38H,3-8,13-20H2,1-2H3,(H2,37,40)(H,46,47)(H,48,49,50)/b41-32-/t24?,27?,31-/m0/s1. The summed E-state index contributed by atoms with van der Waals surface area (Å²) in [5.41, 5.74) is 6.04. The summed E-state index contributed by atoms with van der Waals surface area (Å²) in [6, 6.07) is 0. The van der Waals surface area contributed by atoms with Gasteiger partial charge in [-0.3, -0.25) is 19.1 Å². The van der Waals surface area contributed by atoms with Crippen molar-refractivity contribution in [3.8, 4) is 0 Å². The third-order valence-corrected chi connectivity index (χ3v) is 11.8. The van der Waals surface area contributed by atoms with E-state index < -0.39 is 58.6 Å². The lowest BCUT2D eigenvalue weighted by atomic mass is 9.74. The molecule has 1 aromatic heterocycles. The molecule has 0 radical (unpaired) electrons. The number of Topliss-reactive ketones (excluding diaryl/α,β-unsaturated/α-hetero) is 1. The zero-order chi connectivity index (χ0) is 39.3. The Morgan fingerprint density at radius 1 is 1.20 bits per heavy atom. The van der Waals surface area contributed by atoms with Crippen molar-refractivity contribution in [2.45, 2.75) is 76.9 Å². The van der Waals surface area contributed by atoms with Gasteiger partial charge in [-0.25, -0.2) is 9.78 Å². The van der Waals surface area contributed by atoms with E-state index in [1.54, 1.807) is 6.08 Å². The Morgan fingerprint density at radius 3 is 2.58 bits per heavy atom. The lowest BCUT2D eigenvalue weighted by molar-refractivity contribution is -0.228. The number of anilines is 1. The number of ether oxygens (including phenoxy) is 1. The van der Waals surface area contributed by atoms with Gasteiger partial charge in [0, 0.05) is 61.7 Å². The van der Waals surface area contributed by atoms with Crippen LogP contribution < -0.4 is 11.1 Å². The predicted octanol–water partition coefficient (Wildman–Crippen LogP) is 3.14. The number of carboxylic acid groups (broad SMARTS) is 1. The van der Waals surface area contributed by atoms with Crippen molar-refractivity contribution in [2.75, 3.05) is 45.1 Å². The number of carbonyl (C=O) groups excluding carboxylic acids is 2. The smallest absolute Gasteiger partial charge is 0.418 e. The van der Waals surface area contributed by atoms with Crippen molar-refractivity contribution >= 4 is 56.0 Å². The zero-order valence-corrected chi connectivity index (χ0v) is 32.6. The summed E-state index contributed by atoms with van der Waals surface area (Å²) in [7, 11) is -4.99. The first kappa shape index (κ1) is 40.6. The number of oxime groups is 1. The van der Waals surface area contributed by atoms with E-state index in [1.165, 1.54) is 51.6 Å². The van der Waals surface area contributed by atoms with Crippen LogP contribution >= 0.6 is 11.3 Å². The van der Waals surface area contributed by atoms with Gasteiger partial charge in [-0.05, 0) is 82.6 Å². The molecule has 6 rings (SSSR count). The van der Waals surface area contributed by atoms with E-state index in [9.17, 15) is 27.9 Å². The number of β-lactam (4-membered cyclic amide) rings is 1. The summed E-state index contributed by atoms with van der Waals surface area (Å²) in [6.45, 7) is 8.25. The molecule has 5 N–H and O–H groups in total. The summed E-state index contributed by atoms with van der Waals surface area (Å²) >= 11 is 1.00. The number of nitrogens with one attached hydrogen (secondary N) is 1. The number of thiazole rings is 1. The first-order valence-electron chi connectivity index (χ1n) is 18.6. The Morgan fingerprint density at radius 2 is 1.96 bits per heavy atom. The number of hydrogen-bond acceptors (Lipinski definition) is 15. The number of nitrogen functional groups attached to an aromatic ring is 1. The van der Waals surface area contributed by atoms with Crippen LogP contribution in [0.3, 0.4) is 0 Å². The molecule has 5 aliphatic rings. The van der Waals surface area contributed by atoms with E-state index in [0.29, 0.717) is 17.2 Å². The highest BCUT2D eigenvalue weighted by atomic mass is 32.3. The number of nitrogens with zero attached hydrogens (tertiary/aromatic N) is 5. The normalized spacial score (nSPS) is 23.1.